The molecule has 0 aliphatic heterocycles. The summed E-state index contributed by atoms with van der Waals surface area (Å²) >= 11 is 3.70. The highest BCUT2D eigenvalue weighted by molar-refractivity contribution is 8.01. The fourth-order valence-electron chi connectivity index (χ4n) is 3.60. The molecule has 0 unspecified atom stereocenters. The molecule has 0 atom stereocenters. The summed E-state index contributed by atoms with van der Waals surface area (Å²) in [6.07, 6.45) is 0. The Hall–Kier alpha value is -3.29. The lowest BCUT2D eigenvalue weighted by atomic mass is 10.3. The molecule has 0 amide bonds. The van der Waals surface area contributed by atoms with Crippen LogP contribution in [0.4, 0.5) is 0 Å². The van der Waals surface area contributed by atoms with E-state index in [1.54, 1.807) is 12.1 Å². The number of rotatable bonds is 4. The Kier molecular flexibility index (Phi) is 7.11. The van der Waals surface area contributed by atoms with Crippen LogP contribution in [0.3, 0.4) is 0 Å². The van der Waals surface area contributed by atoms with Gasteiger partial charge in [-0.25, -0.2) is 0 Å². The second-order valence-electron chi connectivity index (χ2n) is 6.44. The van der Waals surface area contributed by atoms with Crippen LogP contribution < -0.4 is 21.2 Å². The van der Waals surface area contributed by atoms with Crippen LogP contribution >= 0.6 is 19.5 Å². The highest BCUT2D eigenvalue weighted by Crippen LogP contribution is 2.56. The van der Waals surface area contributed by atoms with Gasteiger partial charge in [-0.2, -0.15) is 5.16 Å². The van der Waals surface area contributed by atoms with Crippen molar-refractivity contribution in [1.82, 2.24) is 0 Å². The number of aromatic hydroxyl groups is 2. The minimum absolute atomic E-state index is 0.148. The van der Waals surface area contributed by atoms with Gasteiger partial charge in [0, 0.05) is 6.07 Å². The molecule has 5 heteroatoms. The quantitative estimate of drug-likeness (QED) is 0.219. The summed E-state index contributed by atoms with van der Waals surface area (Å²) < 4.78 is 0. The molecule has 4 aromatic carbocycles. The molecule has 0 heterocycles. The number of phenols is 2. The van der Waals surface area contributed by atoms with E-state index in [0.29, 0.717) is 0 Å². The first kappa shape index (κ1) is 21.4. The molecular weight excluding hydrogens is 409 g/mol. The largest absolute Gasteiger partial charge is 0.753 e. The van der Waals surface area contributed by atoms with Crippen LogP contribution in [0.1, 0.15) is 0 Å². The van der Waals surface area contributed by atoms with Gasteiger partial charge in [0.2, 0.25) is 0 Å². The fraction of sp³-hybridized carbons (Fsp3) is 0. The van der Waals surface area contributed by atoms with Crippen molar-refractivity contribution in [2.45, 2.75) is 0 Å². The molecule has 30 heavy (non-hydrogen) atoms. The number of isothiocyanates is 1. The Balaban J connectivity index is 0.000000806. The van der Waals surface area contributed by atoms with Gasteiger partial charge in [0.05, 0.1) is 0 Å². The van der Waals surface area contributed by atoms with Crippen molar-refractivity contribution in [2.75, 3.05) is 0 Å². The van der Waals surface area contributed by atoms with Crippen molar-refractivity contribution in [2.24, 2.45) is 0 Å². The molecule has 0 spiro atoms. The van der Waals surface area contributed by atoms with Crippen LogP contribution in [0.5, 0.6) is 11.5 Å². The Morgan fingerprint density at radius 3 is 1.37 bits per heavy atom. The number of hydrogen-bond donors (Lipinski definition) is 2. The third kappa shape index (κ3) is 4.17. The highest BCUT2D eigenvalue weighted by atomic mass is 32.1. The zero-order valence-electron chi connectivity index (χ0n) is 16.1. The van der Waals surface area contributed by atoms with Crippen LogP contribution in [0.25, 0.3) is 5.41 Å². The average Bonchev–Trinajstić information content (AvgIpc) is 2.79. The van der Waals surface area contributed by atoms with Crippen molar-refractivity contribution in [3.8, 4) is 11.5 Å². The van der Waals surface area contributed by atoms with E-state index in [0.717, 1.165) is 21.2 Å². The SMILES string of the molecule is Oc1ccc(O)c([P+](c2ccccc2)(c2ccccc2)c2ccccc2)c1.[N-]=C=S. The molecule has 4 aromatic rings. The summed E-state index contributed by atoms with van der Waals surface area (Å²) in [6, 6.07) is 35.6. The van der Waals surface area contributed by atoms with Crippen LogP contribution in [0.15, 0.2) is 109 Å². The lowest BCUT2D eigenvalue weighted by Crippen LogP contribution is -2.38. The summed E-state index contributed by atoms with van der Waals surface area (Å²) in [5.41, 5.74) is 0. The number of hydrogen-bond acceptors (Lipinski definition) is 3. The zero-order valence-corrected chi connectivity index (χ0v) is 17.8. The van der Waals surface area contributed by atoms with Gasteiger partial charge in [0.15, 0.2) is 11.1 Å². The van der Waals surface area contributed by atoms with Gasteiger partial charge in [0.25, 0.3) is 0 Å². The van der Waals surface area contributed by atoms with Gasteiger partial charge in [-0.15, -0.1) is 0 Å². The minimum Gasteiger partial charge on any atom is -0.753 e. The van der Waals surface area contributed by atoms with Crippen molar-refractivity contribution in [3.63, 3.8) is 0 Å². The Bertz CT molecular complexity index is 1030. The standard InChI is InChI=1S/C24H19O2P.CNS/c25-19-16-17-23(26)24(18-19)27(20-10-4-1-5-11-20,21-12-6-2-7-13-21)22-14-8-3-9-15-22;2-1-3/h1-18H,(H-,25,26);/q;-1/p+1. The summed E-state index contributed by atoms with van der Waals surface area (Å²) in [4.78, 5) is 0. The van der Waals surface area contributed by atoms with Gasteiger partial charge >= 0.3 is 0 Å². The van der Waals surface area contributed by atoms with Gasteiger partial charge in [-0.1, -0.05) is 66.8 Å². The summed E-state index contributed by atoms with van der Waals surface area (Å²) in [5.74, 6) is 0.340. The van der Waals surface area contributed by atoms with Crippen molar-refractivity contribution < 1.29 is 10.2 Å². The van der Waals surface area contributed by atoms with Crippen molar-refractivity contribution in [1.29, 1.82) is 0 Å². The topological polar surface area (TPSA) is 62.8 Å². The molecule has 0 bridgehead atoms. The molecule has 0 aromatic heterocycles. The molecule has 4 rings (SSSR count). The van der Waals surface area contributed by atoms with Gasteiger partial charge in [-0.05, 0) is 48.5 Å². The number of benzene rings is 4. The maximum atomic E-state index is 10.9. The first-order valence-corrected chi connectivity index (χ1v) is 11.4. The van der Waals surface area contributed by atoms with E-state index in [1.165, 1.54) is 11.2 Å². The van der Waals surface area contributed by atoms with Crippen LogP contribution in [0, 0.1) is 0 Å². The summed E-state index contributed by atoms with van der Waals surface area (Å²) in [7, 11) is -2.38. The molecule has 0 radical (unpaired) electrons. The monoisotopic (exact) mass is 429 g/mol. The van der Waals surface area contributed by atoms with E-state index in [9.17, 15) is 10.2 Å². The van der Waals surface area contributed by atoms with Gasteiger partial charge in [-0.3, -0.25) is 0 Å². The molecule has 2 N–H and O–H groups in total. The summed E-state index contributed by atoms with van der Waals surface area (Å²) in [5, 5.41) is 33.7. The van der Waals surface area contributed by atoms with E-state index in [-0.39, 0.29) is 11.5 Å². The Morgan fingerprint density at radius 1 is 0.633 bits per heavy atom. The molecule has 0 aliphatic carbocycles. The maximum absolute atomic E-state index is 10.9. The number of nitrogens with zero attached hydrogens (tertiary/aromatic N) is 1. The molecular formula is C25H20NO2PS. The lowest BCUT2D eigenvalue weighted by molar-refractivity contribution is 0.464. The first-order valence-electron chi connectivity index (χ1n) is 9.24. The fourth-order valence-corrected chi connectivity index (χ4v) is 7.93. The number of phenolic OH excluding ortho intramolecular Hbond substituents is 2. The van der Waals surface area contributed by atoms with E-state index in [1.807, 2.05) is 54.6 Å². The van der Waals surface area contributed by atoms with E-state index in [2.05, 4.69) is 48.6 Å². The van der Waals surface area contributed by atoms with Crippen molar-refractivity contribution in [3.05, 3.63) is 115 Å². The second-order valence-corrected chi connectivity index (χ2v) is 10.00. The Morgan fingerprint density at radius 2 is 1.00 bits per heavy atom. The van der Waals surface area contributed by atoms with E-state index in [4.69, 9.17) is 5.41 Å². The first-order chi connectivity index (χ1) is 14.6. The molecule has 0 saturated carbocycles. The van der Waals surface area contributed by atoms with Crippen LogP contribution in [-0.4, -0.2) is 15.4 Å². The predicted molar refractivity (Wildman–Crippen MR) is 131 cm³/mol. The maximum Gasteiger partial charge on any atom is 0.159 e. The molecule has 0 saturated heterocycles. The minimum atomic E-state index is -2.38. The average molecular weight is 429 g/mol. The van der Waals surface area contributed by atoms with Gasteiger partial charge in [0.1, 0.15) is 28.9 Å². The third-order valence-corrected chi connectivity index (χ3v) is 9.05. The van der Waals surface area contributed by atoms with E-state index < -0.39 is 7.26 Å². The van der Waals surface area contributed by atoms with Crippen molar-refractivity contribution >= 4 is 45.9 Å². The molecule has 0 aliphatic rings. The lowest BCUT2D eigenvalue weighted by Gasteiger charge is -2.28. The van der Waals surface area contributed by atoms with Crippen LogP contribution in [0.2, 0.25) is 0 Å². The zero-order chi connectivity index (χ0) is 21.4. The van der Waals surface area contributed by atoms with Gasteiger partial charge < -0.3 is 15.6 Å². The number of thiocarbonyl (C=S) groups is 1. The molecule has 148 valence electrons. The Labute approximate surface area is 182 Å². The second kappa shape index (κ2) is 9.96. The highest BCUT2D eigenvalue weighted by Gasteiger charge is 2.49. The predicted octanol–water partition coefficient (Wildman–Crippen LogP) is 4.38. The summed E-state index contributed by atoms with van der Waals surface area (Å²) in [6.45, 7) is 0. The third-order valence-electron chi connectivity index (χ3n) is 4.75. The smallest absolute Gasteiger partial charge is 0.159 e. The molecule has 0 fully saturated rings. The van der Waals surface area contributed by atoms with E-state index >= 15 is 0 Å². The normalized spacial score (nSPS) is 10.4. The molecule has 3 nitrogen and oxygen atoms in total. The van der Waals surface area contributed by atoms with Crippen LogP contribution in [-0.2, 0) is 0 Å².